The molecular formula is C8H16N4. The molecule has 4 nitrogen and oxygen atoms in total. The maximum atomic E-state index is 5.74. The van der Waals surface area contributed by atoms with Crippen LogP contribution in [0.5, 0.6) is 0 Å². The minimum atomic E-state index is 0.426. The van der Waals surface area contributed by atoms with Gasteiger partial charge in [-0.05, 0) is 32.9 Å². The van der Waals surface area contributed by atoms with Crippen molar-refractivity contribution in [1.82, 2.24) is 5.32 Å². The van der Waals surface area contributed by atoms with Gasteiger partial charge in [-0.1, -0.05) is 0 Å². The molecule has 0 unspecified atom stereocenters. The number of nitrogens with zero attached hydrogens (tertiary/aromatic N) is 2. The first-order valence-electron chi connectivity index (χ1n) is 4.36. The minimum Gasteiger partial charge on any atom is -0.385 e. The highest BCUT2D eigenvalue weighted by Gasteiger charge is 2.16. The number of piperidine rings is 1. The lowest BCUT2D eigenvalue weighted by atomic mass is 9.97. The van der Waals surface area contributed by atoms with Gasteiger partial charge in [-0.2, -0.15) is 5.10 Å². The Hall–Kier alpha value is -0.900. The summed E-state index contributed by atoms with van der Waals surface area (Å²) < 4.78 is 0. The lowest BCUT2D eigenvalue weighted by Crippen LogP contribution is -2.35. The van der Waals surface area contributed by atoms with Crippen LogP contribution >= 0.6 is 0 Å². The molecule has 1 aliphatic rings. The molecule has 0 spiro atoms. The lowest BCUT2D eigenvalue weighted by molar-refractivity contribution is 0.454. The van der Waals surface area contributed by atoms with E-state index in [9.17, 15) is 0 Å². The van der Waals surface area contributed by atoms with Gasteiger partial charge in [-0.15, -0.1) is 5.10 Å². The molecule has 0 aliphatic carbocycles. The van der Waals surface area contributed by atoms with E-state index in [0.29, 0.717) is 11.8 Å². The van der Waals surface area contributed by atoms with E-state index in [4.69, 9.17) is 5.73 Å². The predicted octanol–water partition coefficient (Wildman–Crippen LogP) is 0.349. The van der Waals surface area contributed by atoms with Gasteiger partial charge in [0, 0.05) is 12.1 Å². The third-order valence-electron chi connectivity index (χ3n) is 2.05. The Morgan fingerprint density at radius 2 is 2.17 bits per heavy atom. The number of hydrogen-bond acceptors (Lipinski definition) is 3. The van der Waals surface area contributed by atoms with Crippen molar-refractivity contribution in [2.45, 2.75) is 19.8 Å². The normalized spacial score (nSPS) is 21.9. The summed E-state index contributed by atoms with van der Waals surface area (Å²) in [7, 11) is 0. The molecule has 0 amide bonds. The van der Waals surface area contributed by atoms with Crippen LogP contribution in [0, 0.1) is 5.92 Å². The molecule has 1 saturated heterocycles. The maximum absolute atomic E-state index is 5.74. The maximum Gasteiger partial charge on any atom is 0.125 e. The molecule has 0 radical (unpaired) electrons. The fraction of sp³-hybridized carbons (Fsp3) is 0.750. The summed E-state index contributed by atoms with van der Waals surface area (Å²) in [5.41, 5.74) is 5.74. The highest BCUT2D eigenvalue weighted by molar-refractivity contribution is 5.83. The standard InChI is InChI=1S/C8H16N4/c1-2-11-12-8(9)7-3-5-10-6-4-7/h2,7,10H,3-6H2,1H3,(H2,9,12)/b11-2+. The number of hydrogen-bond donors (Lipinski definition) is 2. The first-order valence-corrected chi connectivity index (χ1v) is 4.36. The summed E-state index contributed by atoms with van der Waals surface area (Å²) in [6, 6.07) is 0. The zero-order chi connectivity index (χ0) is 8.81. The third kappa shape index (κ3) is 2.62. The second-order valence-electron chi connectivity index (χ2n) is 2.92. The molecule has 0 aromatic carbocycles. The molecule has 1 heterocycles. The van der Waals surface area contributed by atoms with Crippen LogP contribution in [0.3, 0.4) is 0 Å². The largest absolute Gasteiger partial charge is 0.385 e. The number of nitrogens with two attached hydrogens (primary N) is 1. The molecule has 0 aromatic heterocycles. The van der Waals surface area contributed by atoms with Gasteiger partial charge < -0.3 is 11.1 Å². The molecule has 3 N–H and O–H groups in total. The molecule has 68 valence electrons. The van der Waals surface area contributed by atoms with Gasteiger partial charge in [0.1, 0.15) is 5.84 Å². The molecule has 4 heteroatoms. The zero-order valence-electron chi connectivity index (χ0n) is 7.45. The topological polar surface area (TPSA) is 62.8 Å². The van der Waals surface area contributed by atoms with E-state index in [1.807, 2.05) is 6.92 Å². The van der Waals surface area contributed by atoms with E-state index >= 15 is 0 Å². The van der Waals surface area contributed by atoms with Crippen LogP contribution in [0.15, 0.2) is 10.2 Å². The van der Waals surface area contributed by atoms with E-state index in [2.05, 4.69) is 15.5 Å². The average Bonchev–Trinajstić information content (AvgIpc) is 2.15. The molecule has 1 rings (SSSR count). The molecule has 0 saturated carbocycles. The van der Waals surface area contributed by atoms with E-state index in [1.165, 1.54) is 0 Å². The van der Waals surface area contributed by atoms with Crippen LogP contribution in [0.1, 0.15) is 19.8 Å². The number of rotatable bonds is 2. The summed E-state index contributed by atoms with van der Waals surface area (Å²) in [6.07, 6.45) is 3.80. The van der Waals surface area contributed by atoms with Gasteiger partial charge in [0.15, 0.2) is 0 Å². The van der Waals surface area contributed by atoms with E-state index in [0.717, 1.165) is 25.9 Å². The van der Waals surface area contributed by atoms with Crippen molar-refractivity contribution in [2.24, 2.45) is 21.9 Å². The molecule has 12 heavy (non-hydrogen) atoms. The third-order valence-corrected chi connectivity index (χ3v) is 2.05. The fourth-order valence-corrected chi connectivity index (χ4v) is 1.32. The predicted molar refractivity (Wildman–Crippen MR) is 51.4 cm³/mol. The minimum absolute atomic E-state index is 0.426. The number of amidine groups is 1. The van der Waals surface area contributed by atoms with E-state index in [-0.39, 0.29) is 0 Å². The van der Waals surface area contributed by atoms with Crippen molar-refractivity contribution in [3.63, 3.8) is 0 Å². The van der Waals surface area contributed by atoms with E-state index < -0.39 is 0 Å². The van der Waals surface area contributed by atoms with Gasteiger partial charge in [0.05, 0.1) is 0 Å². The van der Waals surface area contributed by atoms with Crippen molar-refractivity contribution in [3.05, 3.63) is 0 Å². The summed E-state index contributed by atoms with van der Waals surface area (Å²) in [6.45, 7) is 3.91. The van der Waals surface area contributed by atoms with Crippen molar-refractivity contribution in [3.8, 4) is 0 Å². The molecule has 0 atom stereocenters. The number of nitrogens with one attached hydrogen (secondary N) is 1. The Morgan fingerprint density at radius 1 is 1.50 bits per heavy atom. The van der Waals surface area contributed by atoms with Crippen LogP contribution < -0.4 is 11.1 Å². The lowest BCUT2D eigenvalue weighted by Gasteiger charge is -2.21. The first-order chi connectivity index (χ1) is 5.84. The molecular weight excluding hydrogens is 152 g/mol. The van der Waals surface area contributed by atoms with Crippen LogP contribution in [0.25, 0.3) is 0 Å². The molecule has 1 fully saturated rings. The summed E-state index contributed by atoms with van der Waals surface area (Å²) >= 11 is 0. The van der Waals surface area contributed by atoms with Crippen molar-refractivity contribution < 1.29 is 0 Å². The Bertz CT molecular complexity index is 179. The van der Waals surface area contributed by atoms with Gasteiger partial charge >= 0.3 is 0 Å². The van der Waals surface area contributed by atoms with Crippen LogP contribution in [0.4, 0.5) is 0 Å². The second-order valence-corrected chi connectivity index (χ2v) is 2.92. The van der Waals surface area contributed by atoms with Gasteiger partial charge in [-0.25, -0.2) is 0 Å². The van der Waals surface area contributed by atoms with Crippen LogP contribution in [-0.4, -0.2) is 25.1 Å². The second kappa shape index (κ2) is 4.87. The Kier molecular flexibility index (Phi) is 3.73. The quantitative estimate of drug-likeness (QED) is 0.355. The summed E-state index contributed by atoms with van der Waals surface area (Å²) in [5.74, 6) is 1.10. The zero-order valence-corrected chi connectivity index (χ0v) is 7.45. The Balaban J connectivity index is 2.44. The van der Waals surface area contributed by atoms with Crippen LogP contribution in [0.2, 0.25) is 0 Å². The molecule has 1 aliphatic heterocycles. The smallest absolute Gasteiger partial charge is 0.125 e. The first kappa shape index (κ1) is 9.19. The van der Waals surface area contributed by atoms with Crippen molar-refractivity contribution in [2.75, 3.05) is 13.1 Å². The summed E-state index contributed by atoms with van der Waals surface area (Å²) in [5, 5.41) is 10.9. The Morgan fingerprint density at radius 3 is 2.75 bits per heavy atom. The van der Waals surface area contributed by atoms with Crippen molar-refractivity contribution in [1.29, 1.82) is 0 Å². The van der Waals surface area contributed by atoms with Gasteiger partial charge in [-0.3, -0.25) is 0 Å². The van der Waals surface area contributed by atoms with Crippen molar-refractivity contribution >= 4 is 12.1 Å². The van der Waals surface area contributed by atoms with Gasteiger partial charge in [0.25, 0.3) is 0 Å². The fourth-order valence-electron chi connectivity index (χ4n) is 1.32. The van der Waals surface area contributed by atoms with Crippen LogP contribution in [-0.2, 0) is 0 Å². The Labute approximate surface area is 72.9 Å². The molecule has 0 aromatic rings. The highest BCUT2D eigenvalue weighted by Crippen LogP contribution is 2.11. The molecule has 0 bridgehead atoms. The highest BCUT2D eigenvalue weighted by atomic mass is 15.2. The van der Waals surface area contributed by atoms with Gasteiger partial charge in [0.2, 0.25) is 0 Å². The summed E-state index contributed by atoms with van der Waals surface area (Å²) in [4.78, 5) is 0. The average molecular weight is 168 g/mol. The monoisotopic (exact) mass is 168 g/mol. The van der Waals surface area contributed by atoms with E-state index in [1.54, 1.807) is 6.21 Å². The SMILES string of the molecule is C/C=N/N=C(\N)C1CCNCC1.